The standard InChI is InChI=1S/C14H19O3P/c1-4-8-12-11(3)17-18(15,16-5-2)14-10-7-6-9-13(12)14/h6-7,9-10H,4-5,8H2,1-3H3. The monoisotopic (exact) mass is 266 g/mol. The number of benzene rings is 1. The van der Waals surface area contributed by atoms with Gasteiger partial charge in [0, 0.05) is 0 Å². The van der Waals surface area contributed by atoms with E-state index in [0.717, 1.165) is 29.7 Å². The molecule has 2 rings (SSSR count). The summed E-state index contributed by atoms with van der Waals surface area (Å²) in [5.41, 5.74) is 2.15. The van der Waals surface area contributed by atoms with Crippen molar-refractivity contribution in [3.63, 3.8) is 0 Å². The van der Waals surface area contributed by atoms with Crippen molar-refractivity contribution in [2.45, 2.75) is 33.6 Å². The van der Waals surface area contributed by atoms with Gasteiger partial charge in [-0.3, -0.25) is 4.52 Å². The van der Waals surface area contributed by atoms with Crippen molar-refractivity contribution in [3.8, 4) is 0 Å². The zero-order chi connectivity index (χ0) is 13.2. The van der Waals surface area contributed by atoms with E-state index in [1.807, 2.05) is 38.1 Å². The first-order valence-corrected chi connectivity index (χ1v) is 7.90. The Labute approximate surface area is 108 Å². The fraction of sp³-hybridized carbons (Fsp3) is 0.429. The highest BCUT2D eigenvalue weighted by Gasteiger charge is 2.36. The van der Waals surface area contributed by atoms with Crippen LogP contribution in [0.1, 0.15) is 39.2 Å². The van der Waals surface area contributed by atoms with Crippen LogP contribution < -0.4 is 5.30 Å². The maximum absolute atomic E-state index is 12.7. The van der Waals surface area contributed by atoms with Gasteiger partial charge in [-0.25, -0.2) is 4.57 Å². The molecule has 0 saturated carbocycles. The Morgan fingerprint density at radius 2 is 2.00 bits per heavy atom. The summed E-state index contributed by atoms with van der Waals surface area (Å²) in [4.78, 5) is 0. The zero-order valence-corrected chi connectivity index (χ0v) is 12.0. The van der Waals surface area contributed by atoms with Gasteiger partial charge in [0.1, 0.15) is 5.76 Å². The highest BCUT2D eigenvalue weighted by molar-refractivity contribution is 7.62. The number of fused-ring (bicyclic) bond motifs is 1. The minimum absolute atomic E-state index is 0.377. The molecular formula is C14H19O3P. The minimum Gasteiger partial charge on any atom is -0.426 e. The quantitative estimate of drug-likeness (QED) is 0.769. The van der Waals surface area contributed by atoms with Crippen molar-refractivity contribution in [2.75, 3.05) is 6.61 Å². The van der Waals surface area contributed by atoms with Gasteiger partial charge in [0.05, 0.1) is 11.9 Å². The molecule has 0 amide bonds. The molecule has 4 heteroatoms. The smallest absolute Gasteiger partial charge is 0.411 e. The third-order valence-corrected chi connectivity index (χ3v) is 5.10. The third-order valence-electron chi connectivity index (χ3n) is 3.01. The molecule has 0 aliphatic carbocycles. The molecule has 3 nitrogen and oxygen atoms in total. The molecule has 0 fully saturated rings. The molecule has 1 heterocycles. The largest absolute Gasteiger partial charge is 0.426 e. The first-order valence-electron chi connectivity index (χ1n) is 6.36. The molecule has 0 N–H and O–H groups in total. The molecular weight excluding hydrogens is 247 g/mol. The molecule has 1 unspecified atom stereocenters. The summed E-state index contributed by atoms with van der Waals surface area (Å²) in [6.45, 7) is 6.19. The van der Waals surface area contributed by atoms with Crippen LogP contribution >= 0.6 is 7.60 Å². The first-order chi connectivity index (χ1) is 8.62. The van der Waals surface area contributed by atoms with Crippen molar-refractivity contribution < 1.29 is 13.6 Å². The van der Waals surface area contributed by atoms with E-state index in [1.54, 1.807) is 0 Å². The van der Waals surface area contributed by atoms with E-state index in [9.17, 15) is 4.57 Å². The minimum atomic E-state index is -3.18. The molecule has 1 atom stereocenters. The average molecular weight is 266 g/mol. The van der Waals surface area contributed by atoms with Crippen molar-refractivity contribution in [3.05, 3.63) is 35.6 Å². The third kappa shape index (κ3) is 2.25. The molecule has 98 valence electrons. The number of rotatable bonds is 4. The van der Waals surface area contributed by atoms with Crippen LogP contribution in [0.4, 0.5) is 0 Å². The van der Waals surface area contributed by atoms with Crippen LogP contribution in [0.15, 0.2) is 30.0 Å². The fourth-order valence-electron chi connectivity index (χ4n) is 2.27. The van der Waals surface area contributed by atoms with E-state index in [1.165, 1.54) is 0 Å². The fourth-order valence-corrected chi connectivity index (χ4v) is 4.14. The van der Waals surface area contributed by atoms with Gasteiger partial charge in [-0.15, -0.1) is 0 Å². The molecule has 0 bridgehead atoms. The van der Waals surface area contributed by atoms with Crippen LogP contribution in [-0.2, 0) is 13.6 Å². The van der Waals surface area contributed by atoms with Crippen molar-refractivity contribution in [1.29, 1.82) is 0 Å². The van der Waals surface area contributed by atoms with Gasteiger partial charge in [0.25, 0.3) is 0 Å². The molecule has 1 aromatic rings. The van der Waals surface area contributed by atoms with Gasteiger partial charge < -0.3 is 4.52 Å². The topological polar surface area (TPSA) is 35.5 Å². The summed E-state index contributed by atoms with van der Waals surface area (Å²) < 4.78 is 23.7. The van der Waals surface area contributed by atoms with E-state index < -0.39 is 7.60 Å². The van der Waals surface area contributed by atoms with Crippen LogP contribution in [0.5, 0.6) is 0 Å². The summed E-state index contributed by atoms with van der Waals surface area (Å²) in [6, 6.07) is 7.67. The Morgan fingerprint density at radius 1 is 1.28 bits per heavy atom. The molecule has 0 saturated heterocycles. The summed E-state index contributed by atoms with van der Waals surface area (Å²) in [6.07, 6.45) is 1.96. The first kappa shape index (κ1) is 13.4. The molecule has 18 heavy (non-hydrogen) atoms. The average Bonchev–Trinajstić information content (AvgIpc) is 2.35. The SMILES string of the molecule is CCCC1=C(C)OP(=O)(OCC)c2ccccc21. The highest BCUT2D eigenvalue weighted by Crippen LogP contribution is 2.54. The van der Waals surface area contributed by atoms with Gasteiger partial charge in [-0.1, -0.05) is 31.5 Å². The molecule has 1 aliphatic heterocycles. The van der Waals surface area contributed by atoms with Crippen molar-refractivity contribution in [1.82, 2.24) is 0 Å². The van der Waals surface area contributed by atoms with E-state index in [4.69, 9.17) is 9.05 Å². The lowest BCUT2D eigenvalue weighted by atomic mass is 10.0. The molecule has 0 spiro atoms. The second kappa shape index (κ2) is 5.29. The Balaban J connectivity index is 2.56. The normalized spacial score (nSPS) is 22.6. The molecule has 1 aromatic carbocycles. The molecule has 1 aliphatic rings. The maximum Gasteiger partial charge on any atom is 0.411 e. The van der Waals surface area contributed by atoms with Gasteiger partial charge in [-0.2, -0.15) is 0 Å². The molecule has 0 radical (unpaired) electrons. The number of hydrogen-bond donors (Lipinski definition) is 0. The second-order valence-electron chi connectivity index (χ2n) is 4.31. The van der Waals surface area contributed by atoms with E-state index in [0.29, 0.717) is 11.9 Å². The predicted octanol–water partition coefficient (Wildman–Crippen LogP) is 4.10. The van der Waals surface area contributed by atoms with Crippen molar-refractivity contribution in [2.24, 2.45) is 0 Å². The molecule has 0 aromatic heterocycles. The highest BCUT2D eigenvalue weighted by atomic mass is 31.2. The Kier molecular flexibility index (Phi) is 3.94. The van der Waals surface area contributed by atoms with Gasteiger partial charge in [-0.05, 0) is 37.5 Å². The lowest BCUT2D eigenvalue weighted by Gasteiger charge is -2.28. The number of allylic oxidation sites excluding steroid dienone is 2. The van der Waals surface area contributed by atoms with E-state index in [2.05, 4.69) is 6.92 Å². The van der Waals surface area contributed by atoms with Gasteiger partial charge in [0.2, 0.25) is 0 Å². The second-order valence-corrected chi connectivity index (χ2v) is 6.23. The van der Waals surface area contributed by atoms with E-state index in [-0.39, 0.29) is 0 Å². The van der Waals surface area contributed by atoms with Crippen LogP contribution in [0.2, 0.25) is 0 Å². The Hall–Kier alpha value is -1.05. The Bertz CT molecular complexity index is 520. The maximum atomic E-state index is 12.7. The summed E-state index contributed by atoms with van der Waals surface area (Å²) >= 11 is 0. The van der Waals surface area contributed by atoms with Crippen LogP contribution in [-0.4, -0.2) is 6.61 Å². The Morgan fingerprint density at radius 3 is 2.67 bits per heavy atom. The van der Waals surface area contributed by atoms with Gasteiger partial charge >= 0.3 is 7.60 Å². The summed E-state index contributed by atoms with van der Waals surface area (Å²) in [5.74, 6) is 0.729. The lowest BCUT2D eigenvalue weighted by molar-refractivity contribution is 0.259. The van der Waals surface area contributed by atoms with Crippen LogP contribution in [0.3, 0.4) is 0 Å². The van der Waals surface area contributed by atoms with Crippen LogP contribution in [0.25, 0.3) is 5.57 Å². The zero-order valence-electron chi connectivity index (χ0n) is 11.1. The van der Waals surface area contributed by atoms with Crippen LogP contribution in [0, 0.1) is 0 Å². The number of hydrogen-bond acceptors (Lipinski definition) is 3. The van der Waals surface area contributed by atoms with Gasteiger partial charge in [0.15, 0.2) is 0 Å². The van der Waals surface area contributed by atoms with E-state index >= 15 is 0 Å². The van der Waals surface area contributed by atoms with Crippen molar-refractivity contribution >= 4 is 18.5 Å². The summed E-state index contributed by atoms with van der Waals surface area (Å²) in [7, 11) is -3.18. The lowest BCUT2D eigenvalue weighted by Crippen LogP contribution is -2.19. The predicted molar refractivity (Wildman–Crippen MR) is 73.9 cm³/mol. The summed E-state index contributed by atoms with van der Waals surface area (Å²) in [5, 5.41) is 0.695.